The van der Waals surface area contributed by atoms with Crippen molar-refractivity contribution >= 4 is 99.5 Å². The van der Waals surface area contributed by atoms with E-state index in [0.29, 0.717) is 23.7 Å². The molecule has 0 saturated heterocycles. The number of furan rings is 2. The van der Waals surface area contributed by atoms with Gasteiger partial charge in [0.05, 0.1) is 0 Å². The molecule has 0 bridgehead atoms. The second-order valence-electron chi connectivity index (χ2n) is 24.2. The molecule has 11 aromatic rings. The Morgan fingerprint density at radius 3 is 0.808 bits per heavy atom. The van der Waals surface area contributed by atoms with Gasteiger partial charge >= 0.3 is 0 Å². The number of nitrogens with zero attached hydrogens (tertiary/aromatic N) is 2. The summed E-state index contributed by atoms with van der Waals surface area (Å²) in [5, 5.41) is 9.18. The summed E-state index contributed by atoms with van der Waals surface area (Å²) in [6, 6.07) is 65.5. The van der Waals surface area contributed by atoms with Gasteiger partial charge in [0.25, 0.3) is 0 Å². The third-order valence-electron chi connectivity index (χ3n) is 19.4. The van der Waals surface area contributed by atoms with Crippen LogP contribution in [0.5, 0.6) is 0 Å². The average molecular weight is 1020 g/mol. The van der Waals surface area contributed by atoms with Gasteiger partial charge in [-0.1, -0.05) is 138 Å². The number of hydrogen-bond acceptors (Lipinski definition) is 4. The van der Waals surface area contributed by atoms with Gasteiger partial charge < -0.3 is 18.6 Å². The Hall–Kier alpha value is -7.30. The lowest BCUT2D eigenvalue weighted by atomic mass is 9.84. The third-order valence-corrected chi connectivity index (χ3v) is 19.4. The van der Waals surface area contributed by atoms with Crippen molar-refractivity contribution in [2.24, 2.45) is 0 Å². The van der Waals surface area contributed by atoms with E-state index < -0.39 is 0 Å². The molecule has 2 aromatic heterocycles. The Labute approximate surface area is 460 Å². The highest BCUT2D eigenvalue weighted by Crippen LogP contribution is 2.46. The minimum atomic E-state index is 0.676. The summed E-state index contributed by atoms with van der Waals surface area (Å²) in [4.78, 5) is 4.90. The third kappa shape index (κ3) is 9.03. The summed E-state index contributed by atoms with van der Waals surface area (Å²) in [6.07, 6.45) is 26.7. The molecule has 4 nitrogen and oxygen atoms in total. The molecule has 0 unspecified atom stereocenters. The Morgan fingerprint density at radius 1 is 0.231 bits per heavy atom. The van der Waals surface area contributed by atoms with Crippen molar-refractivity contribution < 1.29 is 8.83 Å². The number of hydrogen-bond donors (Lipinski definition) is 0. The second-order valence-corrected chi connectivity index (χ2v) is 24.2. The van der Waals surface area contributed by atoms with Crippen molar-refractivity contribution in [3.63, 3.8) is 0 Å². The SMILES string of the molecule is c1cc(N(c2ccc(C3CCCCC3)cc2)c2ccc3cc4c(cc3c2)oc2cc3oc5cc6cc(N(c7ccc(C8CCCCC8)cc7)c7ccc(C8CCCCC8)cc7)ccc6cc5c3cc24)ccc1C1CCCCC1. The first kappa shape index (κ1) is 47.9. The molecule has 2 heterocycles. The lowest BCUT2D eigenvalue weighted by Crippen LogP contribution is -2.11. The predicted octanol–water partition coefficient (Wildman–Crippen LogP) is 22.9. The topological polar surface area (TPSA) is 32.8 Å². The molecule has 0 aliphatic heterocycles. The predicted molar refractivity (Wildman–Crippen MR) is 329 cm³/mol. The summed E-state index contributed by atoms with van der Waals surface area (Å²) in [5.74, 6) is 2.71. The number of benzene rings is 9. The Morgan fingerprint density at radius 2 is 0.500 bits per heavy atom. The van der Waals surface area contributed by atoms with Gasteiger partial charge in [-0.25, -0.2) is 0 Å². The van der Waals surface area contributed by atoms with Gasteiger partial charge in [-0.15, -0.1) is 0 Å². The van der Waals surface area contributed by atoms with Crippen LogP contribution >= 0.6 is 0 Å². The maximum absolute atomic E-state index is 6.78. The van der Waals surface area contributed by atoms with E-state index in [2.05, 4.69) is 180 Å². The zero-order chi connectivity index (χ0) is 51.5. The van der Waals surface area contributed by atoms with Crippen molar-refractivity contribution in [3.05, 3.63) is 192 Å². The molecular weight excluding hydrogens is 949 g/mol. The molecule has 15 rings (SSSR count). The fourth-order valence-electron chi connectivity index (χ4n) is 15.0. The lowest BCUT2D eigenvalue weighted by Gasteiger charge is -2.28. The van der Waals surface area contributed by atoms with Crippen molar-refractivity contribution in [2.75, 3.05) is 9.80 Å². The minimum absolute atomic E-state index is 0.676. The number of rotatable bonds is 10. The van der Waals surface area contributed by atoms with Crippen LogP contribution in [0.3, 0.4) is 0 Å². The van der Waals surface area contributed by atoms with Crippen LogP contribution in [-0.2, 0) is 0 Å². The molecule has 4 saturated carbocycles. The summed E-state index contributed by atoms with van der Waals surface area (Å²) in [7, 11) is 0. The van der Waals surface area contributed by atoms with E-state index in [1.807, 2.05) is 0 Å². The van der Waals surface area contributed by atoms with Crippen LogP contribution in [0.15, 0.2) is 179 Å². The van der Waals surface area contributed by atoms with Crippen LogP contribution in [0.2, 0.25) is 0 Å². The molecule has 4 heteroatoms. The van der Waals surface area contributed by atoms with Crippen molar-refractivity contribution in [1.82, 2.24) is 0 Å². The van der Waals surface area contributed by atoms with Crippen molar-refractivity contribution in [3.8, 4) is 0 Å². The van der Waals surface area contributed by atoms with Gasteiger partial charge in [-0.05, 0) is 222 Å². The molecule has 0 atom stereocenters. The van der Waals surface area contributed by atoms with E-state index in [-0.39, 0.29) is 0 Å². The van der Waals surface area contributed by atoms with Crippen LogP contribution < -0.4 is 9.80 Å². The van der Waals surface area contributed by atoms with Gasteiger partial charge in [0.1, 0.15) is 22.3 Å². The Balaban J connectivity index is 0.766. The first-order valence-corrected chi connectivity index (χ1v) is 30.3. The lowest BCUT2D eigenvalue weighted by molar-refractivity contribution is 0.443. The number of fused-ring (bicyclic) bond motifs is 8. The molecule has 9 aromatic carbocycles. The standard InChI is InChI=1S/C74H72N2O2/c1-5-13-49(14-6-1)53-21-31-61(32-22-53)75(62-33-23-54(24-34-62)50-15-7-2-8-16-50)65-39-29-57-43-67-69-47-70-68-44-58-30-40-66(42-60(58)46-72(68)78-74(70)48-73(69)77-71(67)45-59(57)41-65)76(63-35-25-55(26-36-63)51-17-9-3-10-18-51)64-37-27-56(28-38-64)52-19-11-4-12-20-52/h21-52H,1-20H2. The van der Waals surface area contributed by atoms with E-state index in [9.17, 15) is 0 Å². The molecule has 78 heavy (non-hydrogen) atoms. The van der Waals surface area contributed by atoms with Gasteiger partial charge in [0.15, 0.2) is 0 Å². The maximum atomic E-state index is 6.78. The van der Waals surface area contributed by atoms with E-state index >= 15 is 0 Å². The quantitative estimate of drug-likeness (QED) is 0.137. The highest BCUT2D eigenvalue weighted by Gasteiger charge is 2.24. The smallest absolute Gasteiger partial charge is 0.139 e. The molecule has 0 N–H and O–H groups in total. The largest absolute Gasteiger partial charge is 0.456 e. The molecule has 4 fully saturated rings. The van der Waals surface area contributed by atoms with Gasteiger partial charge in [0, 0.05) is 61.7 Å². The molecule has 4 aliphatic carbocycles. The molecule has 4 aliphatic rings. The zero-order valence-electron chi connectivity index (χ0n) is 45.3. The van der Waals surface area contributed by atoms with Crippen molar-refractivity contribution in [1.29, 1.82) is 0 Å². The summed E-state index contributed by atoms with van der Waals surface area (Å²) in [5.41, 5.74) is 16.5. The number of anilines is 6. The molecular formula is C74H72N2O2. The Bertz CT molecular complexity index is 3550. The highest BCUT2D eigenvalue weighted by molar-refractivity contribution is 6.18. The van der Waals surface area contributed by atoms with E-state index in [1.54, 1.807) is 0 Å². The maximum Gasteiger partial charge on any atom is 0.139 e. The summed E-state index contributed by atoms with van der Waals surface area (Å²) < 4.78 is 13.6. The van der Waals surface area contributed by atoms with Crippen LogP contribution in [0.4, 0.5) is 34.1 Å². The second kappa shape index (κ2) is 20.5. The van der Waals surface area contributed by atoms with Crippen molar-refractivity contribution in [2.45, 2.75) is 152 Å². The monoisotopic (exact) mass is 1020 g/mol. The van der Waals surface area contributed by atoms with Crippen LogP contribution in [0.25, 0.3) is 65.4 Å². The first-order chi connectivity index (χ1) is 38.6. The Kier molecular flexibility index (Phi) is 12.6. The summed E-state index contributed by atoms with van der Waals surface area (Å²) >= 11 is 0. The average Bonchev–Trinajstić information content (AvgIpc) is 4.18. The summed E-state index contributed by atoms with van der Waals surface area (Å²) in [6.45, 7) is 0. The van der Waals surface area contributed by atoms with E-state index in [4.69, 9.17) is 8.83 Å². The van der Waals surface area contributed by atoms with Crippen LogP contribution in [0, 0.1) is 0 Å². The van der Waals surface area contributed by atoms with Gasteiger partial charge in [0.2, 0.25) is 0 Å². The minimum Gasteiger partial charge on any atom is -0.456 e. The van der Waals surface area contributed by atoms with E-state index in [1.165, 1.54) is 184 Å². The normalized spacial score (nSPS) is 17.5. The fraction of sp³-hybridized carbons (Fsp3) is 0.324. The van der Waals surface area contributed by atoms with Crippen LogP contribution in [0.1, 0.15) is 174 Å². The van der Waals surface area contributed by atoms with E-state index in [0.717, 1.165) is 66.0 Å². The van der Waals surface area contributed by atoms with Crippen LogP contribution in [-0.4, -0.2) is 0 Å². The molecule has 0 spiro atoms. The molecule has 0 amide bonds. The first-order valence-electron chi connectivity index (χ1n) is 30.3. The fourth-order valence-corrected chi connectivity index (χ4v) is 15.0. The van der Waals surface area contributed by atoms with Gasteiger partial charge in [-0.2, -0.15) is 0 Å². The van der Waals surface area contributed by atoms with Gasteiger partial charge in [-0.3, -0.25) is 0 Å². The molecule has 390 valence electrons. The zero-order valence-corrected chi connectivity index (χ0v) is 45.3. The molecule has 0 radical (unpaired) electrons. The highest BCUT2D eigenvalue weighted by atomic mass is 16.3.